The van der Waals surface area contributed by atoms with Crippen molar-refractivity contribution in [3.05, 3.63) is 0 Å². The minimum Gasteiger partial charge on any atom is -0.329 e. The third-order valence-electron chi connectivity index (χ3n) is 2.63. The Labute approximate surface area is 107 Å². The largest absolute Gasteiger partial charge is 0.347 e. The van der Waals surface area contributed by atoms with Gasteiger partial charge in [0.25, 0.3) is 11.8 Å². The SMILES string of the molecule is CCCN(CCC)CC(=O)ON1C(=O)CCC1=O. The molecule has 1 heterocycles. The number of carbonyl (C=O) groups excluding carboxylic acids is 3. The van der Waals surface area contributed by atoms with Crippen molar-refractivity contribution in [3.63, 3.8) is 0 Å². The predicted molar refractivity (Wildman–Crippen MR) is 64.2 cm³/mol. The van der Waals surface area contributed by atoms with Crippen molar-refractivity contribution in [1.82, 2.24) is 9.96 Å². The molecule has 1 rings (SSSR count). The fourth-order valence-corrected chi connectivity index (χ4v) is 1.87. The summed E-state index contributed by atoms with van der Waals surface area (Å²) >= 11 is 0. The molecule has 102 valence electrons. The lowest BCUT2D eigenvalue weighted by atomic mass is 10.3. The van der Waals surface area contributed by atoms with Crippen LogP contribution >= 0.6 is 0 Å². The molecule has 0 unspecified atom stereocenters. The van der Waals surface area contributed by atoms with E-state index in [9.17, 15) is 14.4 Å². The van der Waals surface area contributed by atoms with Gasteiger partial charge in [-0.1, -0.05) is 13.8 Å². The number of hydrogen-bond acceptors (Lipinski definition) is 5. The minimum absolute atomic E-state index is 0.110. The predicted octanol–water partition coefficient (Wildman–Crippen LogP) is 0.716. The third kappa shape index (κ3) is 4.10. The van der Waals surface area contributed by atoms with Gasteiger partial charge in [-0.2, -0.15) is 0 Å². The Morgan fingerprint density at radius 2 is 1.67 bits per heavy atom. The van der Waals surface area contributed by atoms with Crippen molar-refractivity contribution in [2.24, 2.45) is 0 Å². The number of rotatable bonds is 7. The summed E-state index contributed by atoms with van der Waals surface area (Å²) in [4.78, 5) is 40.9. The van der Waals surface area contributed by atoms with Crippen LogP contribution in [-0.4, -0.2) is 47.4 Å². The normalized spacial score (nSPS) is 15.6. The summed E-state index contributed by atoms with van der Waals surface area (Å²) in [7, 11) is 0. The Morgan fingerprint density at radius 3 is 2.11 bits per heavy atom. The molecular formula is C12H20N2O4. The maximum atomic E-state index is 11.6. The van der Waals surface area contributed by atoms with Crippen molar-refractivity contribution in [1.29, 1.82) is 0 Å². The van der Waals surface area contributed by atoms with E-state index in [1.807, 2.05) is 18.7 Å². The molecule has 0 radical (unpaired) electrons. The molecule has 6 nitrogen and oxygen atoms in total. The molecule has 18 heavy (non-hydrogen) atoms. The van der Waals surface area contributed by atoms with Gasteiger partial charge in [0.15, 0.2) is 0 Å². The number of hydroxylamine groups is 2. The topological polar surface area (TPSA) is 66.9 Å². The van der Waals surface area contributed by atoms with E-state index in [1.165, 1.54) is 0 Å². The maximum absolute atomic E-state index is 11.6. The first-order valence-electron chi connectivity index (χ1n) is 6.37. The summed E-state index contributed by atoms with van der Waals surface area (Å²) in [6, 6.07) is 0. The molecule has 0 aromatic heterocycles. The van der Waals surface area contributed by atoms with Gasteiger partial charge < -0.3 is 4.84 Å². The smallest absolute Gasteiger partial charge is 0.329 e. The van der Waals surface area contributed by atoms with Crippen LogP contribution in [-0.2, 0) is 19.2 Å². The summed E-state index contributed by atoms with van der Waals surface area (Å²) in [6.07, 6.45) is 2.13. The van der Waals surface area contributed by atoms with E-state index in [0.717, 1.165) is 25.9 Å². The van der Waals surface area contributed by atoms with Gasteiger partial charge in [0.1, 0.15) is 0 Å². The molecule has 0 spiro atoms. The lowest BCUT2D eigenvalue weighted by molar-refractivity contribution is -0.198. The van der Waals surface area contributed by atoms with E-state index in [0.29, 0.717) is 5.06 Å². The number of carbonyl (C=O) groups is 3. The molecule has 1 aliphatic heterocycles. The molecule has 1 aliphatic rings. The van der Waals surface area contributed by atoms with Gasteiger partial charge in [0, 0.05) is 12.8 Å². The Bertz CT molecular complexity index is 308. The average molecular weight is 256 g/mol. The monoisotopic (exact) mass is 256 g/mol. The van der Waals surface area contributed by atoms with Crippen molar-refractivity contribution in [2.75, 3.05) is 19.6 Å². The first kappa shape index (κ1) is 14.6. The number of imide groups is 1. The summed E-state index contributed by atoms with van der Waals surface area (Å²) in [5.74, 6) is -1.43. The fraction of sp³-hybridized carbons (Fsp3) is 0.750. The second-order valence-corrected chi connectivity index (χ2v) is 4.32. The van der Waals surface area contributed by atoms with E-state index < -0.39 is 17.8 Å². The zero-order valence-electron chi connectivity index (χ0n) is 11.0. The molecule has 6 heteroatoms. The molecule has 0 aliphatic carbocycles. The lowest BCUT2D eigenvalue weighted by Crippen LogP contribution is -2.38. The molecule has 0 atom stereocenters. The van der Waals surface area contributed by atoms with Gasteiger partial charge in [-0.3, -0.25) is 14.5 Å². The number of nitrogens with zero attached hydrogens (tertiary/aromatic N) is 2. The summed E-state index contributed by atoms with van der Waals surface area (Å²) in [6.45, 7) is 5.76. The van der Waals surface area contributed by atoms with Gasteiger partial charge in [-0.25, -0.2) is 4.79 Å². The molecule has 0 N–H and O–H groups in total. The van der Waals surface area contributed by atoms with Gasteiger partial charge >= 0.3 is 5.97 Å². The zero-order valence-corrected chi connectivity index (χ0v) is 11.0. The molecule has 0 bridgehead atoms. The van der Waals surface area contributed by atoms with E-state index in [1.54, 1.807) is 0 Å². The Balaban J connectivity index is 2.44. The number of amides is 2. The first-order chi connectivity index (χ1) is 8.58. The molecule has 0 aromatic carbocycles. The van der Waals surface area contributed by atoms with Crippen molar-refractivity contribution < 1.29 is 19.2 Å². The summed E-state index contributed by atoms with van der Waals surface area (Å²) in [5.41, 5.74) is 0. The standard InChI is InChI=1S/C12H20N2O4/c1-3-7-13(8-4-2)9-12(17)18-14-10(15)5-6-11(14)16/h3-9H2,1-2H3. The van der Waals surface area contributed by atoms with Crippen molar-refractivity contribution in [3.8, 4) is 0 Å². The van der Waals surface area contributed by atoms with Crippen LogP contribution in [0.3, 0.4) is 0 Å². The van der Waals surface area contributed by atoms with Crippen molar-refractivity contribution >= 4 is 17.8 Å². The van der Waals surface area contributed by atoms with Crippen LogP contribution in [0.2, 0.25) is 0 Å². The van der Waals surface area contributed by atoms with Crippen LogP contribution in [0.1, 0.15) is 39.5 Å². The second kappa shape index (κ2) is 7.10. The highest BCUT2D eigenvalue weighted by Crippen LogP contribution is 2.12. The van der Waals surface area contributed by atoms with Gasteiger partial charge in [0.05, 0.1) is 6.54 Å². The summed E-state index contributed by atoms with van der Waals surface area (Å²) < 4.78 is 0. The first-order valence-corrected chi connectivity index (χ1v) is 6.37. The van der Waals surface area contributed by atoms with Gasteiger partial charge in [0.2, 0.25) is 0 Å². The molecule has 1 saturated heterocycles. The Morgan fingerprint density at radius 1 is 1.17 bits per heavy atom. The highest BCUT2D eigenvalue weighted by Gasteiger charge is 2.33. The summed E-state index contributed by atoms with van der Waals surface area (Å²) in [5, 5.41) is 0.596. The van der Waals surface area contributed by atoms with Crippen LogP contribution in [0.25, 0.3) is 0 Å². The van der Waals surface area contributed by atoms with Crippen LogP contribution < -0.4 is 0 Å². The van der Waals surface area contributed by atoms with E-state index >= 15 is 0 Å². The van der Waals surface area contributed by atoms with Gasteiger partial charge in [-0.15, -0.1) is 5.06 Å². The van der Waals surface area contributed by atoms with Crippen LogP contribution in [0, 0.1) is 0 Å². The van der Waals surface area contributed by atoms with E-state index in [2.05, 4.69) is 0 Å². The molecular weight excluding hydrogens is 236 g/mol. The molecule has 0 saturated carbocycles. The second-order valence-electron chi connectivity index (χ2n) is 4.32. The lowest BCUT2D eigenvalue weighted by Gasteiger charge is -2.20. The van der Waals surface area contributed by atoms with E-state index in [-0.39, 0.29) is 19.4 Å². The van der Waals surface area contributed by atoms with Gasteiger partial charge in [-0.05, 0) is 25.9 Å². The Hall–Kier alpha value is -1.43. The maximum Gasteiger partial charge on any atom is 0.347 e. The number of hydrogen-bond donors (Lipinski definition) is 0. The minimum atomic E-state index is -0.555. The molecule has 1 fully saturated rings. The zero-order chi connectivity index (χ0) is 13.5. The van der Waals surface area contributed by atoms with Crippen molar-refractivity contribution in [2.45, 2.75) is 39.5 Å². The third-order valence-corrected chi connectivity index (χ3v) is 2.63. The van der Waals surface area contributed by atoms with Crippen LogP contribution in [0.4, 0.5) is 0 Å². The van der Waals surface area contributed by atoms with Crippen LogP contribution in [0.15, 0.2) is 0 Å². The quantitative estimate of drug-likeness (QED) is 0.628. The Kier molecular flexibility index (Phi) is 5.77. The average Bonchev–Trinajstić information content (AvgIpc) is 2.61. The highest BCUT2D eigenvalue weighted by molar-refractivity contribution is 6.01. The fourth-order valence-electron chi connectivity index (χ4n) is 1.87. The van der Waals surface area contributed by atoms with E-state index in [4.69, 9.17) is 4.84 Å². The molecule has 0 aromatic rings. The highest BCUT2D eigenvalue weighted by atomic mass is 16.7. The van der Waals surface area contributed by atoms with Crippen LogP contribution in [0.5, 0.6) is 0 Å². The molecule has 2 amide bonds.